The van der Waals surface area contributed by atoms with E-state index in [0.29, 0.717) is 16.5 Å². The Balaban J connectivity index is 1.67. The molecule has 0 aliphatic carbocycles. The Labute approximate surface area is 152 Å². The van der Waals surface area contributed by atoms with Gasteiger partial charge in [-0.3, -0.25) is 0 Å². The van der Waals surface area contributed by atoms with Gasteiger partial charge in [-0.2, -0.15) is 0 Å². The summed E-state index contributed by atoms with van der Waals surface area (Å²) >= 11 is 6.00. The summed E-state index contributed by atoms with van der Waals surface area (Å²) in [7, 11) is 0. The third-order valence-electron chi connectivity index (χ3n) is 3.86. The van der Waals surface area contributed by atoms with Gasteiger partial charge in [-0.15, -0.1) is 0 Å². The van der Waals surface area contributed by atoms with Gasteiger partial charge < -0.3 is 14.8 Å². The summed E-state index contributed by atoms with van der Waals surface area (Å²) in [5.41, 5.74) is 3.09. The Morgan fingerprint density at radius 1 is 1.20 bits per heavy atom. The molecule has 130 valence electrons. The van der Waals surface area contributed by atoms with Crippen molar-refractivity contribution in [3.63, 3.8) is 0 Å². The van der Waals surface area contributed by atoms with E-state index in [-0.39, 0.29) is 12.1 Å². The molecule has 4 nitrogen and oxygen atoms in total. The van der Waals surface area contributed by atoms with Crippen LogP contribution < -0.4 is 14.8 Å². The first-order valence-corrected chi connectivity index (χ1v) is 8.42. The second-order valence-corrected chi connectivity index (χ2v) is 6.98. The smallest absolute Gasteiger partial charge is 0.349 e. The van der Waals surface area contributed by atoms with Crippen LogP contribution in [0.1, 0.15) is 26.3 Å². The number of nitrogens with one attached hydrogen (secondary N) is 1. The van der Waals surface area contributed by atoms with Crippen molar-refractivity contribution in [1.82, 2.24) is 0 Å². The number of halogens is 1. The average Bonchev–Trinajstić information content (AvgIpc) is 2.54. The van der Waals surface area contributed by atoms with Crippen LogP contribution in [0.5, 0.6) is 11.5 Å². The molecule has 3 rings (SSSR count). The number of esters is 1. The van der Waals surface area contributed by atoms with Crippen molar-refractivity contribution in [3.8, 4) is 11.5 Å². The first-order valence-electron chi connectivity index (χ1n) is 8.04. The number of hydrogen-bond donors (Lipinski definition) is 1. The predicted molar refractivity (Wildman–Crippen MR) is 100 cm³/mol. The lowest BCUT2D eigenvalue weighted by Gasteiger charge is -2.31. The SMILES string of the molecule is CC1=CC(C)(C)Nc2ccc(OC(=O)COc3ccccc3Cl)cc21. The van der Waals surface area contributed by atoms with Gasteiger partial charge >= 0.3 is 5.97 Å². The second kappa shape index (κ2) is 6.81. The molecular formula is C20H20ClNO3. The van der Waals surface area contributed by atoms with Gasteiger partial charge in [0, 0.05) is 11.3 Å². The summed E-state index contributed by atoms with van der Waals surface area (Å²) in [4.78, 5) is 12.0. The molecule has 0 fully saturated rings. The molecule has 1 aliphatic rings. The minimum Gasteiger partial charge on any atom is -0.480 e. The van der Waals surface area contributed by atoms with Gasteiger partial charge in [-0.05, 0) is 56.7 Å². The number of anilines is 1. The summed E-state index contributed by atoms with van der Waals surface area (Å²) in [6, 6.07) is 12.5. The summed E-state index contributed by atoms with van der Waals surface area (Å²) in [5.74, 6) is 0.461. The van der Waals surface area contributed by atoms with Crippen LogP contribution in [0.25, 0.3) is 5.57 Å². The number of benzene rings is 2. The molecular weight excluding hydrogens is 338 g/mol. The Kier molecular flexibility index (Phi) is 4.73. The van der Waals surface area contributed by atoms with E-state index in [2.05, 4.69) is 25.2 Å². The quantitative estimate of drug-likeness (QED) is 0.622. The topological polar surface area (TPSA) is 47.6 Å². The van der Waals surface area contributed by atoms with Crippen molar-refractivity contribution in [2.75, 3.05) is 11.9 Å². The summed E-state index contributed by atoms with van der Waals surface area (Å²) < 4.78 is 10.8. The standard InChI is InChI=1S/C20H20ClNO3/c1-13-11-20(2,3)22-17-9-8-14(10-15(13)17)25-19(23)12-24-18-7-5-4-6-16(18)21/h4-11,22H,12H2,1-3H3. The first-order chi connectivity index (χ1) is 11.8. The van der Waals surface area contributed by atoms with Crippen LogP contribution in [0, 0.1) is 0 Å². The van der Waals surface area contributed by atoms with Crippen LogP contribution in [0.2, 0.25) is 5.02 Å². The number of carbonyl (C=O) groups excluding carboxylic acids is 1. The van der Waals surface area contributed by atoms with Gasteiger partial charge in [0.05, 0.1) is 10.6 Å². The summed E-state index contributed by atoms with van der Waals surface area (Å²) in [5, 5.41) is 3.90. The van der Waals surface area contributed by atoms with Gasteiger partial charge in [-0.1, -0.05) is 29.8 Å². The summed E-state index contributed by atoms with van der Waals surface area (Å²) in [6.45, 7) is 6.06. The van der Waals surface area contributed by atoms with E-state index < -0.39 is 5.97 Å². The maximum absolute atomic E-state index is 12.0. The Bertz CT molecular complexity index is 843. The average molecular weight is 358 g/mol. The highest BCUT2D eigenvalue weighted by Crippen LogP contribution is 2.35. The zero-order valence-electron chi connectivity index (χ0n) is 14.4. The monoisotopic (exact) mass is 357 g/mol. The number of ether oxygens (including phenoxy) is 2. The van der Waals surface area contributed by atoms with Crippen molar-refractivity contribution in [2.45, 2.75) is 26.3 Å². The van der Waals surface area contributed by atoms with Crippen LogP contribution in [0.15, 0.2) is 48.5 Å². The Morgan fingerprint density at radius 2 is 1.96 bits per heavy atom. The third-order valence-corrected chi connectivity index (χ3v) is 4.18. The van der Waals surface area contributed by atoms with Crippen molar-refractivity contribution < 1.29 is 14.3 Å². The lowest BCUT2D eigenvalue weighted by atomic mass is 9.91. The molecule has 0 saturated carbocycles. The zero-order chi connectivity index (χ0) is 18.0. The lowest BCUT2D eigenvalue weighted by Crippen LogP contribution is -2.31. The Hall–Kier alpha value is -2.46. The molecule has 0 aromatic heterocycles. The molecule has 0 bridgehead atoms. The van der Waals surface area contributed by atoms with Crippen molar-refractivity contribution >= 4 is 28.8 Å². The van der Waals surface area contributed by atoms with Gasteiger partial charge in [0.25, 0.3) is 0 Å². The molecule has 2 aromatic rings. The van der Waals surface area contributed by atoms with Crippen LogP contribution in [-0.2, 0) is 4.79 Å². The molecule has 1 N–H and O–H groups in total. The fourth-order valence-electron chi connectivity index (χ4n) is 2.88. The highest BCUT2D eigenvalue weighted by Gasteiger charge is 2.22. The van der Waals surface area contributed by atoms with E-state index in [1.165, 1.54) is 0 Å². The van der Waals surface area contributed by atoms with E-state index in [1.54, 1.807) is 30.3 Å². The maximum Gasteiger partial charge on any atom is 0.349 e. The van der Waals surface area contributed by atoms with E-state index in [4.69, 9.17) is 21.1 Å². The zero-order valence-corrected chi connectivity index (χ0v) is 15.2. The fourth-order valence-corrected chi connectivity index (χ4v) is 3.07. The third kappa shape index (κ3) is 4.15. The van der Waals surface area contributed by atoms with E-state index in [1.807, 2.05) is 19.1 Å². The van der Waals surface area contributed by atoms with Crippen LogP contribution >= 0.6 is 11.6 Å². The number of fused-ring (bicyclic) bond motifs is 1. The molecule has 0 unspecified atom stereocenters. The number of carbonyl (C=O) groups is 1. The number of para-hydroxylation sites is 1. The van der Waals surface area contributed by atoms with Gasteiger partial charge in [0.2, 0.25) is 0 Å². The molecule has 5 heteroatoms. The van der Waals surface area contributed by atoms with Crippen molar-refractivity contribution in [1.29, 1.82) is 0 Å². The Morgan fingerprint density at radius 3 is 2.72 bits per heavy atom. The molecule has 0 saturated heterocycles. The highest BCUT2D eigenvalue weighted by molar-refractivity contribution is 6.32. The van der Waals surface area contributed by atoms with Crippen molar-refractivity contribution in [2.24, 2.45) is 0 Å². The van der Waals surface area contributed by atoms with E-state index in [0.717, 1.165) is 16.8 Å². The highest BCUT2D eigenvalue weighted by atomic mass is 35.5. The molecule has 0 spiro atoms. The largest absolute Gasteiger partial charge is 0.480 e. The summed E-state index contributed by atoms with van der Waals surface area (Å²) in [6.07, 6.45) is 2.15. The minimum absolute atomic E-state index is 0.0991. The van der Waals surface area contributed by atoms with Crippen LogP contribution in [0.4, 0.5) is 5.69 Å². The van der Waals surface area contributed by atoms with E-state index >= 15 is 0 Å². The minimum atomic E-state index is -0.481. The number of rotatable bonds is 4. The van der Waals surface area contributed by atoms with Crippen LogP contribution in [-0.4, -0.2) is 18.1 Å². The molecule has 0 amide bonds. The molecule has 0 atom stereocenters. The van der Waals surface area contributed by atoms with Gasteiger partial charge in [-0.25, -0.2) is 4.79 Å². The molecule has 2 aromatic carbocycles. The molecule has 25 heavy (non-hydrogen) atoms. The van der Waals surface area contributed by atoms with Gasteiger partial charge in [0.15, 0.2) is 6.61 Å². The molecule has 0 radical (unpaired) electrons. The van der Waals surface area contributed by atoms with Gasteiger partial charge in [0.1, 0.15) is 11.5 Å². The second-order valence-electron chi connectivity index (χ2n) is 6.57. The molecule has 1 heterocycles. The first kappa shape index (κ1) is 17.4. The maximum atomic E-state index is 12.0. The molecule has 1 aliphatic heterocycles. The van der Waals surface area contributed by atoms with Crippen molar-refractivity contribution in [3.05, 3.63) is 59.1 Å². The normalized spacial score (nSPS) is 14.8. The fraction of sp³-hybridized carbons (Fsp3) is 0.250. The van der Waals surface area contributed by atoms with Crippen LogP contribution in [0.3, 0.4) is 0 Å². The number of allylic oxidation sites excluding steroid dienone is 1. The lowest BCUT2D eigenvalue weighted by molar-refractivity contribution is -0.136. The number of hydrogen-bond acceptors (Lipinski definition) is 4. The van der Waals surface area contributed by atoms with E-state index in [9.17, 15) is 4.79 Å². The predicted octanol–water partition coefficient (Wildman–Crippen LogP) is 4.93.